The number of hydrogen-bond acceptors (Lipinski definition) is 8. The number of nitro benzene ring substituents is 2. The lowest BCUT2D eigenvalue weighted by atomic mass is 9.82. The Bertz CT molecular complexity index is 2570. The quantitative estimate of drug-likeness (QED) is 0.134. The van der Waals surface area contributed by atoms with Gasteiger partial charge in [-0.25, -0.2) is 0 Å². The molecular weight excluding hydrogens is 612 g/mol. The molecule has 0 amide bonds. The molecule has 0 aliphatic carbocycles. The maximum Gasteiger partial charge on any atom is 0.299 e. The summed E-state index contributed by atoms with van der Waals surface area (Å²) in [5.74, 6) is 0.425. The Kier molecular flexibility index (Phi) is 5.38. The van der Waals surface area contributed by atoms with Gasteiger partial charge in [0.1, 0.15) is 33.1 Å². The lowest BCUT2D eigenvalue weighted by Crippen LogP contribution is -2.12. The van der Waals surface area contributed by atoms with Crippen molar-refractivity contribution < 1.29 is 27.5 Å². The third-order valence-electron chi connectivity index (χ3n) is 9.87. The largest absolute Gasteiger partial charge is 0.425 e. The molecule has 11 bridgehead atoms. The zero-order chi connectivity index (χ0) is 33.6. The van der Waals surface area contributed by atoms with E-state index < -0.39 is 0 Å². The molecule has 10 nitrogen and oxygen atoms in total. The third-order valence-corrected chi connectivity index (χ3v) is 9.87. The van der Waals surface area contributed by atoms with Gasteiger partial charge >= 0.3 is 0 Å². The molecule has 4 aromatic carbocycles. The van der Waals surface area contributed by atoms with Crippen molar-refractivity contribution in [2.75, 3.05) is 0 Å². The number of nitro groups is 2. The number of hydrogen-bond donors (Lipinski definition) is 0. The normalized spacial score (nSPS) is 13.8. The Morgan fingerprint density at radius 2 is 0.792 bits per heavy atom. The second-order valence-electron chi connectivity index (χ2n) is 14.9. The van der Waals surface area contributed by atoms with Crippen molar-refractivity contribution in [3.8, 4) is 0 Å². The second-order valence-corrected chi connectivity index (χ2v) is 14.9. The predicted octanol–water partition coefficient (Wildman–Crippen LogP) is 10.9. The van der Waals surface area contributed by atoms with Gasteiger partial charge in [-0.3, -0.25) is 20.2 Å². The molecule has 0 N–H and O–H groups in total. The van der Waals surface area contributed by atoms with Crippen LogP contribution in [0, 0.1) is 20.2 Å². The first kappa shape index (κ1) is 28.6. The summed E-state index contributed by atoms with van der Waals surface area (Å²) >= 11 is 0. The van der Waals surface area contributed by atoms with Crippen LogP contribution in [-0.4, -0.2) is 9.85 Å². The number of furan rings is 4. The molecule has 0 saturated carbocycles. The van der Waals surface area contributed by atoms with Crippen LogP contribution < -0.4 is 0 Å². The molecule has 10 rings (SSSR count). The fourth-order valence-electron chi connectivity index (χ4n) is 7.72. The van der Waals surface area contributed by atoms with E-state index in [4.69, 9.17) is 17.7 Å². The molecule has 10 heteroatoms. The van der Waals surface area contributed by atoms with Crippen molar-refractivity contribution in [2.45, 2.75) is 65.2 Å². The molecule has 0 unspecified atom stereocenters. The van der Waals surface area contributed by atoms with Gasteiger partial charge in [0.2, 0.25) is 0 Å². The highest BCUT2D eigenvalue weighted by atomic mass is 16.6. The molecule has 48 heavy (non-hydrogen) atoms. The summed E-state index contributed by atoms with van der Waals surface area (Å²) in [7, 11) is 0. The van der Waals surface area contributed by atoms with E-state index in [1.807, 2.05) is 24.3 Å². The first-order valence-electron chi connectivity index (χ1n) is 15.9. The summed E-state index contributed by atoms with van der Waals surface area (Å²) in [6, 6.07) is 14.5. The van der Waals surface area contributed by atoms with Crippen molar-refractivity contribution in [2.24, 2.45) is 0 Å². The summed E-state index contributed by atoms with van der Waals surface area (Å²) in [6.07, 6.45) is 0.616. The van der Waals surface area contributed by atoms with E-state index >= 15 is 0 Å². The molecule has 2 aliphatic heterocycles. The standard InChI is InChI=1S/C38H30N2O8/c1-37(2,3)21-11-7-17-15-19-10-14-24(40(43)44)28-30-26-22(38(4,5)6)12-8-18(32(26)46-36(30)48-34(19)28)16-20-9-13-23(39(41)42)27-29-25(21)31(17)45-35(29)47-33(20)27/h7-14H,15-16H2,1-6H3. The monoisotopic (exact) mass is 642 g/mol. The Balaban J connectivity index is 1.52. The van der Waals surface area contributed by atoms with Crippen molar-refractivity contribution in [1.82, 2.24) is 0 Å². The SMILES string of the molecule is CC(C)(C)c1ccc2c3oc4oc5c(ccc([N+](=O)[O-])c5c4c13)Cc1ccc(C(C)(C)C)c3c1oc1oc4c(ccc([N+](=O)[O-])c4c13)C2. The number of rotatable bonds is 2. The lowest BCUT2D eigenvalue weighted by molar-refractivity contribution is -0.383. The Labute approximate surface area is 272 Å². The highest BCUT2D eigenvalue weighted by Gasteiger charge is 2.34. The van der Waals surface area contributed by atoms with Crippen molar-refractivity contribution in [3.63, 3.8) is 0 Å². The second kappa shape index (κ2) is 9.03. The minimum atomic E-state index is -0.374. The van der Waals surface area contributed by atoms with Gasteiger partial charge in [0.05, 0.1) is 20.6 Å². The number of non-ortho nitro benzene ring substituents is 2. The van der Waals surface area contributed by atoms with E-state index in [1.165, 1.54) is 12.1 Å². The van der Waals surface area contributed by atoms with Crippen LogP contribution in [0.1, 0.15) is 74.9 Å². The van der Waals surface area contributed by atoms with Gasteiger partial charge in [-0.2, -0.15) is 0 Å². The van der Waals surface area contributed by atoms with Gasteiger partial charge in [0.25, 0.3) is 22.9 Å². The Morgan fingerprint density at radius 3 is 1.10 bits per heavy atom. The van der Waals surface area contributed by atoms with E-state index in [0.717, 1.165) is 33.0 Å². The highest BCUT2D eigenvalue weighted by molar-refractivity contribution is 6.24. The first-order valence-corrected chi connectivity index (χ1v) is 15.9. The molecule has 0 saturated heterocycles. The summed E-state index contributed by atoms with van der Waals surface area (Å²) < 4.78 is 26.0. The minimum absolute atomic E-state index is 0.0609. The van der Waals surface area contributed by atoms with Gasteiger partial charge in [-0.05, 0) is 34.1 Å². The smallest absolute Gasteiger partial charge is 0.299 e. The summed E-state index contributed by atoms with van der Waals surface area (Å²) in [5, 5.41) is 28.5. The molecule has 0 fully saturated rings. The molecule has 2 aliphatic rings. The van der Waals surface area contributed by atoms with Crippen LogP contribution in [0.25, 0.3) is 66.2 Å². The average molecular weight is 643 g/mol. The van der Waals surface area contributed by atoms with Crippen molar-refractivity contribution >= 4 is 77.6 Å². The van der Waals surface area contributed by atoms with Crippen LogP contribution in [0.4, 0.5) is 11.4 Å². The van der Waals surface area contributed by atoms with Crippen molar-refractivity contribution in [1.29, 1.82) is 0 Å². The van der Waals surface area contributed by atoms with Crippen LogP contribution in [-0.2, 0) is 23.7 Å². The zero-order valence-corrected chi connectivity index (χ0v) is 27.2. The molecular formula is C38H30N2O8. The number of benzene rings is 4. The maximum absolute atomic E-state index is 12.5. The van der Waals surface area contributed by atoms with Gasteiger partial charge in [-0.1, -0.05) is 65.8 Å². The Morgan fingerprint density at radius 1 is 0.479 bits per heavy atom. The number of nitrogens with zero attached hydrogens (tertiary/aromatic N) is 2. The maximum atomic E-state index is 12.5. The summed E-state index contributed by atoms with van der Waals surface area (Å²) in [4.78, 5) is 24.3. The minimum Gasteiger partial charge on any atom is -0.425 e. The van der Waals surface area contributed by atoms with Crippen LogP contribution in [0.15, 0.2) is 66.2 Å². The number of fused-ring (bicyclic) bond motifs is 2. The van der Waals surface area contributed by atoms with Gasteiger partial charge in [0.15, 0.2) is 0 Å². The summed E-state index contributed by atoms with van der Waals surface area (Å²) in [6.45, 7) is 12.5. The molecule has 240 valence electrons. The van der Waals surface area contributed by atoms with Crippen LogP contribution in [0.5, 0.6) is 0 Å². The van der Waals surface area contributed by atoms with E-state index in [1.54, 1.807) is 12.1 Å². The van der Waals surface area contributed by atoms with Gasteiger partial charge in [0, 0.05) is 58.0 Å². The van der Waals surface area contributed by atoms with E-state index in [-0.39, 0.29) is 43.6 Å². The fraction of sp³-hybridized carbons (Fsp3) is 0.263. The lowest BCUT2D eigenvalue weighted by Gasteiger charge is -2.21. The van der Waals surface area contributed by atoms with Crippen molar-refractivity contribution in [3.05, 3.63) is 102 Å². The predicted molar refractivity (Wildman–Crippen MR) is 183 cm³/mol. The van der Waals surface area contributed by atoms with E-state index in [2.05, 4.69) is 41.5 Å². The highest BCUT2D eigenvalue weighted by Crippen LogP contribution is 2.50. The first-order chi connectivity index (χ1) is 22.7. The van der Waals surface area contributed by atoms with E-state index in [0.29, 0.717) is 67.8 Å². The van der Waals surface area contributed by atoms with Gasteiger partial charge < -0.3 is 17.7 Å². The molecule has 8 aromatic rings. The Hall–Kier alpha value is -5.64. The average Bonchev–Trinajstić information content (AvgIpc) is 3.74. The molecule has 6 heterocycles. The molecule has 4 aromatic heterocycles. The zero-order valence-electron chi connectivity index (χ0n) is 27.2. The summed E-state index contributed by atoms with van der Waals surface area (Å²) in [5.41, 5.74) is 5.97. The fourth-order valence-corrected chi connectivity index (χ4v) is 7.72. The van der Waals surface area contributed by atoms with Crippen LogP contribution in [0.2, 0.25) is 0 Å². The molecule has 0 atom stereocenters. The third kappa shape index (κ3) is 3.68. The molecule has 0 radical (unpaired) electrons. The van der Waals surface area contributed by atoms with E-state index in [9.17, 15) is 20.2 Å². The van der Waals surface area contributed by atoms with Gasteiger partial charge in [-0.15, -0.1) is 0 Å². The molecule has 0 spiro atoms. The topological polar surface area (TPSA) is 139 Å². The van der Waals surface area contributed by atoms with Crippen LogP contribution in [0.3, 0.4) is 0 Å². The van der Waals surface area contributed by atoms with Crippen LogP contribution >= 0.6 is 0 Å².